The van der Waals surface area contributed by atoms with Crippen LogP contribution in [0.2, 0.25) is 5.02 Å². The topological polar surface area (TPSA) is 20.2 Å². The Morgan fingerprint density at radius 1 is 1.06 bits per heavy atom. The van der Waals surface area contributed by atoms with Crippen LogP contribution in [0.4, 0.5) is 8.78 Å². The fraction of sp³-hybridized carbons (Fsp3) is 0.143. The molecule has 1 unspecified atom stereocenters. The Hall–Kier alpha value is -1.45. The summed E-state index contributed by atoms with van der Waals surface area (Å²) in [6.45, 7) is 1.45. The van der Waals surface area contributed by atoms with Crippen molar-refractivity contribution in [1.82, 2.24) is 0 Å². The Morgan fingerprint density at radius 3 is 2.39 bits per heavy atom. The minimum atomic E-state index is -1.55. The highest BCUT2D eigenvalue weighted by molar-refractivity contribution is 6.31. The number of benzene rings is 2. The van der Waals surface area contributed by atoms with Crippen molar-refractivity contribution in [3.63, 3.8) is 0 Å². The molecular formula is C14H11ClF2O. The maximum absolute atomic E-state index is 13.2. The van der Waals surface area contributed by atoms with Gasteiger partial charge in [-0.1, -0.05) is 23.7 Å². The molecule has 0 heterocycles. The van der Waals surface area contributed by atoms with E-state index in [1.807, 2.05) is 0 Å². The summed E-state index contributed by atoms with van der Waals surface area (Å²) in [6, 6.07) is 9.21. The Labute approximate surface area is 109 Å². The predicted octanol–water partition coefficient (Wildman–Crippen LogP) is 3.87. The van der Waals surface area contributed by atoms with E-state index in [0.717, 1.165) is 6.07 Å². The molecule has 0 amide bonds. The van der Waals surface area contributed by atoms with E-state index in [9.17, 15) is 13.9 Å². The minimum absolute atomic E-state index is 0.203. The molecule has 0 saturated carbocycles. The maximum Gasteiger partial charge on any atom is 0.123 e. The average Bonchev–Trinajstić information content (AvgIpc) is 2.32. The lowest BCUT2D eigenvalue weighted by molar-refractivity contribution is 0.102. The zero-order valence-corrected chi connectivity index (χ0v) is 10.4. The van der Waals surface area contributed by atoms with Crippen molar-refractivity contribution in [3.8, 4) is 0 Å². The monoisotopic (exact) mass is 268 g/mol. The average molecular weight is 269 g/mol. The predicted molar refractivity (Wildman–Crippen MR) is 66.5 cm³/mol. The van der Waals surface area contributed by atoms with Crippen LogP contribution in [0, 0.1) is 11.6 Å². The lowest BCUT2D eigenvalue weighted by atomic mass is 9.88. The number of rotatable bonds is 2. The van der Waals surface area contributed by atoms with Crippen LogP contribution in [0.15, 0.2) is 42.5 Å². The van der Waals surface area contributed by atoms with Gasteiger partial charge in [0.05, 0.1) is 0 Å². The molecule has 1 atom stereocenters. The van der Waals surface area contributed by atoms with E-state index in [1.165, 1.54) is 37.3 Å². The molecule has 18 heavy (non-hydrogen) atoms. The third-order valence-electron chi connectivity index (χ3n) is 2.84. The van der Waals surface area contributed by atoms with Gasteiger partial charge in [-0.2, -0.15) is 0 Å². The number of hydrogen-bond acceptors (Lipinski definition) is 1. The summed E-state index contributed by atoms with van der Waals surface area (Å²) in [5.41, 5.74) is -1.04. The van der Waals surface area contributed by atoms with Gasteiger partial charge in [-0.15, -0.1) is 0 Å². The number of halogens is 3. The van der Waals surface area contributed by atoms with Crippen molar-refractivity contribution >= 4 is 11.6 Å². The highest BCUT2D eigenvalue weighted by Crippen LogP contribution is 2.34. The van der Waals surface area contributed by atoms with Crippen molar-refractivity contribution in [1.29, 1.82) is 0 Å². The van der Waals surface area contributed by atoms with Gasteiger partial charge in [-0.05, 0) is 42.8 Å². The molecule has 0 aliphatic carbocycles. The van der Waals surface area contributed by atoms with Crippen molar-refractivity contribution in [3.05, 3.63) is 70.2 Å². The van der Waals surface area contributed by atoms with Crippen LogP contribution < -0.4 is 0 Å². The summed E-state index contributed by atoms with van der Waals surface area (Å²) < 4.78 is 26.4. The molecule has 0 aliphatic heterocycles. The van der Waals surface area contributed by atoms with Crippen LogP contribution in [0.25, 0.3) is 0 Å². The zero-order valence-electron chi connectivity index (χ0n) is 9.62. The molecule has 0 radical (unpaired) electrons. The summed E-state index contributed by atoms with van der Waals surface area (Å²) in [6.07, 6.45) is 0. The molecule has 2 aromatic carbocycles. The molecule has 1 N–H and O–H groups in total. The van der Waals surface area contributed by atoms with Gasteiger partial charge in [0.15, 0.2) is 0 Å². The minimum Gasteiger partial charge on any atom is -0.381 e. The van der Waals surface area contributed by atoms with Gasteiger partial charge in [-0.25, -0.2) is 8.78 Å². The van der Waals surface area contributed by atoms with Crippen LogP contribution in [0.5, 0.6) is 0 Å². The lowest BCUT2D eigenvalue weighted by Gasteiger charge is -2.25. The molecule has 1 nitrogen and oxygen atoms in total. The van der Waals surface area contributed by atoms with E-state index in [4.69, 9.17) is 11.6 Å². The molecule has 0 bridgehead atoms. The van der Waals surface area contributed by atoms with Gasteiger partial charge in [0.25, 0.3) is 0 Å². The van der Waals surface area contributed by atoms with Gasteiger partial charge in [0.2, 0.25) is 0 Å². The largest absolute Gasteiger partial charge is 0.381 e. The summed E-state index contributed by atoms with van der Waals surface area (Å²) in [4.78, 5) is 0. The first-order valence-electron chi connectivity index (χ1n) is 5.35. The Kier molecular flexibility index (Phi) is 3.37. The molecular weight excluding hydrogens is 258 g/mol. The smallest absolute Gasteiger partial charge is 0.123 e. The quantitative estimate of drug-likeness (QED) is 0.876. The first-order valence-corrected chi connectivity index (χ1v) is 5.73. The number of aliphatic hydroxyl groups is 1. The Bertz CT molecular complexity index is 582. The summed E-state index contributed by atoms with van der Waals surface area (Å²) in [5.74, 6) is -0.980. The summed E-state index contributed by atoms with van der Waals surface area (Å²) in [7, 11) is 0. The van der Waals surface area contributed by atoms with Gasteiger partial charge in [0, 0.05) is 10.6 Å². The van der Waals surface area contributed by atoms with Crippen LogP contribution in [0.1, 0.15) is 18.1 Å². The van der Waals surface area contributed by atoms with E-state index in [0.29, 0.717) is 5.56 Å². The molecule has 2 aromatic rings. The van der Waals surface area contributed by atoms with Gasteiger partial charge in [0.1, 0.15) is 17.2 Å². The summed E-state index contributed by atoms with van der Waals surface area (Å²) in [5, 5.41) is 10.7. The second-order valence-electron chi connectivity index (χ2n) is 4.21. The van der Waals surface area contributed by atoms with E-state index in [-0.39, 0.29) is 10.6 Å². The molecule has 0 saturated heterocycles. The van der Waals surface area contributed by atoms with Crippen LogP contribution in [0.3, 0.4) is 0 Å². The van der Waals surface area contributed by atoms with Crippen molar-refractivity contribution in [2.75, 3.05) is 0 Å². The Balaban J connectivity index is 2.57. The fourth-order valence-electron chi connectivity index (χ4n) is 1.82. The molecule has 0 aromatic heterocycles. The van der Waals surface area contributed by atoms with Crippen molar-refractivity contribution < 1.29 is 13.9 Å². The van der Waals surface area contributed by atoms with Crippen molar-refractivity contribution in [2.24, 2.45) is 0 Å². The fourth-order valence-corrected chi connectivity index (χ4v) is 2.12. The normalized spacial score (nSPS) is 14.3. The number of hydrogen-bond donors (Lipinski definition) is 1. The van der Waals surface area contributed by atoms with Crippen LogP contribution in [-0.4, -0.2) is 5.11 Å². The molecule has 0 aliphatic rings. The van der Waals surface area contributed by atoms with E-state index in [1.54, 1.807) is 6.07 Å². The third kappa shape index (κ3) is 2.37. The first kappa shape index (κ1) is 13.0. The van der Waals surface area contributed by atoms with Gasteiger partial charge in [-0.3, -0.25) is 0 Å². The van der Waals surface area contributed by atoms with Crippen LogP contribution >= 0.6 is 11.6 Å². The van der Waals surface area contributed by atoms with E-state index >= 15 is 0 Å². The van der Waals surface area contributed by atoms with Gasteiger partial charge >= 0.3 is 0 Å². The molecule has 0 fully saturated rings. The summed E-state index contributed by atoms with van der Waals surface area (Å²) >= 11 is 5.95. The van der Waals surface area contributed by atoms with Crippen LogP contribution in [-0.2, 0) is 5.60 Å². The first-order chi connectivity index (χ1) is 8.41. The Morgan fingerprint density at radius 2 is 1.72 bits per heavy atom. The molecule has 94 valence electrons. The molecule has 4 heteroatoms. The third-order valence-corrected chi connectivity index (χ3v) is 3.17. The van der Waals surface area contributed by atoms with Gasteiger partial charge < -0.3 is 5.11 Å². The second-order valence-corrected chi connectivity index (χ2v) is 4.61. The standard InChI is InChI=1S/C14H11ClF2O/c1-14(18,9-3-2-4-10(16)7-9)12-8-11(17)5-6-13(12)15/h2-8,18H,1H3. The van der Waals surface area contributed by atoms with Crippen molar-refractivity contribution in [2.45, 2.75) is 12.5 Å². The van der Waals surface area contributed by atoms with E-state index < -0.39 is 17.2 Å². The molecule has 0 spiro atoms. The highest BCUT2D eigenvalue weighted by Gasteiger charge is 2.28. The lowest BCUT2D eigenvalue weighted by Crippen LogP contribution is -2.23. The molecule has 2 rings (SSSR count). The highest BCUT2D eigenvalue weighted by atomic mass is 35.5. The zero-order chi connectivity index (χ0) is 13.3. The second kappa shape index (κ2) is 4.67. The SMILES string of the molecule is CC(O)(c1cccc(F)c1)c1cc(F)ccc1Cl. The van der Waals surface area contributed by atoms with E-state index in [2.05, 4.69) is 0 Å². The maximum atomic E-state index is 13.2.